The largest absolute Gasteiger partial charge is 0.361 e. The highest BCUT2D eigenvalue weighted by molar-refractivity contribution is 7.13. The fraction of sp³-hybridized carbons (Fsp3) is 0.500. The summed E-state index contributed by atoms with van der Waals surface area (Å²) in [7, 11) is 3.97. The van der Waals surface area contributed by atoms with Crippen molar-refractivity contribution in [1.29, 1.82) is 0 Å². The van der Waals surface area contributed by atoms with Crippen LogP contribution in [0, 0.1) is 0 Å². The monoisotopic (exact) mass is 330 g/mol. The van der Waals surface area contributed by atoms with Gasteiger partial charge in [-0.25, -0.2) is 0 Å². The Hall–Kier alpha value is -2.29. The number of fused-ring (bicyclic) bond motifs is 1. The van der Waals surface area contributed by atoms with Crippen LogP contribution in [-0.4, -0.2) is 57.2 Å². The van der Waals surface area contributed by atoms with Crippen LogP contribution in [0.1, 0.15) is 24.6 Å². The van der Waals surface area contributed by atoms with Crippen molar-refractivity contribution in [3.8, 4) is 0 Å². The molecule has 0 aromatic carbocycles. The normalized spacial score (nSPS) is 16.2. The maximum Gasteiger partial charge on any atom is 0.208 e. The Morgan fingerprint density at radius 1 is 1.13 bits per heavy atom. The Labute approximate surface area is 137 Å². The van der Waals surface area contributed by atoms with E-state index in [2.05, 4.69) is 30.4 Å². The summed E-state index contributed by atoms with van der Waals surface area (Å²) in [5.41, 5.74) is 2.58. The predicted molar refractivity (Wildman–Crippen MR) is 89.2 cm³/mol. The minimum absolute atomic E-state index is 0.374. The predicted octanol–water partition coefficient (Wildman–Crippen LogP) is 1.43. The molecule has 3 aromatic heterocycles. The molecule has 4 heterocycles. The smallest absolute Gasteiger partial charge is 0.208 e. The number of anilines is 2. The van der Waals surface area contributed by atoms with Gasteiger partial charge in [0.2, 0.25) is 5.13 Å². The highest BCUT2D eigenvalue weighted by Crippen LogP contribution is 2.30. The second-order valence-electron chi connectivity index (χ2n) is 5.90. The molecule has 9 heteroatoms. The van der Waals surface area contributed by atoms with Crippen molar-refractivity contribution >= 4 is 27.9 Å². The fourth-order valence-electron chi connectivity index (χ4n) is 2.92. The molecule has 1 saturated heterocycles. The molecule has 1 aliphatic rings. The lowest BCUT2D eigenvalue weighted by atomic mass is 9.96. The van der Waals surface area contributed by atoms with Gasteiger partial charge in [0.15, 0.2) is 11.5 Å². The van der Waals surface area contributed by atoms with E-state index in [1.54, 1.807) is 16.8 Å². The molecule has 0 amide bonds. The molecule has 1 fully saturated rings. The third kappa shape index (κ3) is 2.61. The molecule has 4 rings (SSSR count). The average molecular weight is 330 g/mol. The lowest BCUT2D eigenvalue weighted by Gasteiger charge is -2.30. The van der Waals surface area contributed by atoms with Gasteiger partial charge in [0.25, 0.3) is 0 Å². The van der Waals surface area contributed by atoms with Gasteiger partial charge in [-0.3, -0.25) is 0 Å². The van der Waals surface area contributed by atoms with E-state index in [0.717, 1.165) is 48.4 Å². The molecule has 0 bridgehead atoms. The topological polar surface area (TPSA) is 75.3 Å². The highest BCUT2D eigenvalue weighted by Gasteiger charge is 2.26. The summed E-state index contributed by atoms with van der Waals surface area (Å²) in [5, 5.41) is 22.4. The third-order valence-corrected chi connectivity index (χ3v) is 4.96. The van der Waals surface area contributed by atoms with Gasteiger partial charge in [-0.05, 0) is 25.0 Å². The Morgan fingerprint density at radius 3 is 2.65 bits per heavy atom. The molecule has 0 unspecified atom stereocenters. The van der Waals surface area contributed by atoms with Gasteiger partial charge < -0.3 is 9.80 Å². The average Bonchev–Trinajstić information content (AvgIpc) is 3.24. The first kappa shape index (κ1) is 14.3. The molecule has 0 saturated carbocycles. The van der Waals surface area contributed by atoms with Crippen molar-refractivity contribution in [2.75, 3.05) is 37.0 Å². The van der Waals surface area contributed by atoms with E-state index in [9.17, 15) is 0 Å². The summed E-state index contributed by atoms with van der Waals surface area (Å²) in [6.45, 7) is 1.92. The molecule has 120 valence electrons. The van der Waals surface area contributed by atoms with Crippen LogP contribution in [0.3, 0.4) is 0 Å². The number of hydrogen-bond acceptors (Lipinski definition) is 8. The van der Waals surface area contributed by atoms with Crippen molar-refractivity contribution in [2.24, 2.45) is 0 Å². The molecule has 0 radical (unpaired) electrons. The zero-order valence-corrected chi connectivity index (χ0v) is 13.9. The quantitative estimate of drug-likeness (QED) is 0.719. The van der Waals surface area contributed by atoms with Gasteiger partial charge in [-0.1, -0.05) is 11.3 Å². The van der Waals surface area contributed by atoms with Gasteiger partial charge in [0.05, 0.1) is 0 Å². The fourth-order valence-corrected chi connectivity index (χ4v) is 3.54. The van der Waals surface area contributed by atoms with Crippen molar-refractivity contribution in [3.05, 3.63) is 23.5 Å². The summed E-state index contributed by atoms with van der Waals surface area (Å²) in [6.07, 6.45) is 2.04. The zero-order valence-electron chi connectivity index (χ0n) is 13.1. The zero-order chi connectivity index (χ0) is 15.8. The van der Waals surface area contributed by atoms with E-state index in [4.69, 9.17) is 0 Å². The molecule has 1 aliphatic heterocycles. The molecule has 0 N–H and O–H groups in total. The molecule has 0 aliphatic carbocycles. The van der Waals surface area contributed by atoms with Gasteiger partial charge in [-0.15, -0.1) is 25.5 Å². The van der Waals surface area contributed by atoms with Crippen molar-refractivity contribution in [3.63, 3.8) is 0 Å². The summed E-state index contributed by atoms with van der Waals surface area (Å²) in [4.78, 5) is 4.28. The molecule has 0 atom stereocenters. The lowest BCUT2D eigenvalue weighted by molar-refractivity contribution is 0.476. The van der Waals surface area contributed by atoms with Crippen LogP contribution in [0.15, 0.2) is 17.6 Å². The van der Waals surface area contributed by atoms with Crippen molar-refractivity contribution in [2.45, 2.75) is 18.8 Å². The van der Waals surface area contributed by atoms with Crippen LogP contribution in [0.4, 0.5) is 10.9 Å². The second-order valence-corrected chi connectivity index (χ2v) is 6.71. The van der Waals surface area contributed by atoms with Crippen molar-refractivity contribution < 1.29 is 0 Å². The maximum absolute atomic E-state index is 4.66. The molecule has 3 aromatic rings. The summed E-state index contributed by atoms with van der Waals surface area (Å²) < 4.78 is 1.89. The summed E-state index contributed by atoms with van der Waals surface area (Å²) in [5.74, 6) is 2.24. The van der Waals surface area contributed by atoms with Crippen LogP contribution >= 0.6 is 11.3 Å². The third-order valence-electron chi connectivity index (χ3n) is 4.21. The standard InChI is InChI=1S/C14H18N8S/c1-20(2)12-4-3-11-16-17-13(22(11)19-12)10-5-7-21(8-6-10)14-18-15-9-23-14/h3-4,9-10H,5-8H2,1-2H3. The van der Waals surface area contributed by atoms with E-state index >= 15 is 0 Å². The second kappa shape index (κ2) is 5.73. The van der Waals surface area contributed by atoms with E-state index in [0.29, 0.717) is 5.92 Å². The van der Waals surface area contributed by atoms with Crippen LogP contribution < -0.4 is 9.80 Å². The molecule has 8 nitrogen and oxygen atoms in total. The molecular formula is C14H18N8S. The number of rotatable bonds is 3. The van der Waals surface area contributed by atoms with Crippen LogP contribution in [-0.2, 0) is 0 Å². The molecular weight excluding hydrogens is 312 g/mol. The van der Waals surface area contributed by atoms with E-state index in [1.165, 1.54) is 0 Å². The van der Waals surface area contributed by atoms with Crippen LogP contribution in [0.25, 0.3) is 5.65 Å². The number of piperidine rings is 1. The Morgan fingerprint density at radius 2 is 1.96 bits per heavy atom. The lowest BCUT2D eigenvalue weighted by Crippen LogP contribution is -2.33. The summed E-state index contributed by atoms with van der Waals surface area (Å²) >= 11 is 1.59. The Bertz CT molecular complexity index is 788. The first-order valence-corrected chi connectivity index (χ1v) is 8.51. The van der Waals surface area contributed by atoms with Gasteiger partial charge in [0, 0.05) is 33.1 Å². The van der Waals surface area contributed by atoms with Gasteiger partial charge >= 0.3 is 0 Å². The number of nitrogens with zero attached hydrogens (tertiary/aromatic N) is 8. The summed E-state index contributed by atoms with van der Waals surface area (Å²) in [6, 6.07) is 3.93. The molecule has 23 heavy (non-hydrogen) atoms. The van der Waals surface area contributed by atoms with Crippen LogP contribution in [0.2, 0.25) is 0 Å². The van der Waals surface area contributed by atoms with Crippen molar-refractivity contribution in [1.82, 2.24) is 30.0 Å². The van der Waals surface area contributed by atoms with E-state index < -0.39 is 0 Å². The van der Waals surface area contributed by atoms with E-state index in [-0.39, 0.29) is 0 Å². The Balaban J connectivity index is 1.57. The number of aromatic nitrogens is 6. The Kier molecular flexibility index (Phi) is 3.56. The van der Waals surface area contributed by atoms with Gasteiger partial charge in [-0.2, -0.15) is 4.52 Å². The minimum atomic E-state index is 0.374. The minimum Gasteiger partial charge on any atom is -0.361 e. The van der Waals surface area contributed by atoms with E-state index in [1.807, 2.05) is 35.6 Å². The first-order chi connectivity index (χ1) is 11.2. The maximum atomic E-state index is 4.66. The van der Waals surface area contributed by atoms with Crippen LogP contribution in [0.5, 0.6) is 0 Å². The highest BCUT2D eigenvalue weighted by atomic mass is 32.1. The van der Waals surface area contributed by atoms with Gasteiger partial charge in [0.1, 0.15) is 11.3 Å². The first-order valence-electron chi connectivity index (χ1n) is 7.63. The molecule has 0 spiro atoms. The SMILES string of the molecule is CN(C)c1ccc2nnc(C3CCN(c4nncs4)CC3)n2n1. The number of hydrogen-bond donors (Lipinski definition) is 0.